The molecule has 0 saturated carbocycles. The molecule has 62 heavy (non-hydrogen) atoms. The van der Waals surface area contributed by atoms with Crippen LogP contribution < -0.4 is 5.32 Å². The first-order valence-electron chi connectivity index (χ1n) is 27.2. The second kappa shape index (κ2) is 50.1. The van der Waals surface area contributed by atoms with Gasteiger partial charge in [-0.2, -0.15) is 0 Å². The average molecular weight is 872 g/mol. The summed E-state index contributed by atoms with van der Waals surface area (Å²) in [5.74, 6) is -0.497. The van der Waals surface area contributed by atoms with Gasteiger partial charge in [-0.3, -0.25) is 9.59 Å². The number of amides is 1. The summed E-state index contributed by atoms with van der Waals surface area (Å²) in [6.07, 6.45) is 59.1. The molecule has 0 aromatic heterocycles. The van der Waals surface area contributed by atoms with Gasteiger partial charge in [0, 0.05) is 6.42 Å². The topological polar surface area (TPSA) is 95.9 Å². The van der Waals surface area contributed by atoms with Crippen molar-refractivity contribution in [3.63, 3.8) is 0 Å². The Hall–Kier alpha value is -1.92. The molecule has 0 aliphatic heterocycles. The standard InChI is InChI=1S/C56H105NO5/c1-4-7-10-13-16-19-22-25-27-30-32-35-38-41-44-47-52(62-56(61)49-46-43-40-37-34-29-24-21-18-15-12-9-6-3)50-55(60)57-53(51-58)54(59)48-45-42-39-36-33-31-28-26-23-20-17-14-11-8-5-2/h16,19,25,27,29,34,52-54,58-59H,4-15,17-18,20-24,26,28,30-33,35-51H2,1-3H3,(H,57,60)/b19-16-,27-25-,34-29-. The minimum Gasteiger partial charge on any atom is -0.462 e. The molecule has 0 spiro atoms. The van der Waals surface area contributed by atoms with Crippen molar-refractivity contribution in [1.29, 1.82) is 0 Å². The second-order valence-corrected chi connectivity index (χ2v) is 18.6. The molecule has 0 aromatic carbocycles. The molecule has 0 aromatic rings. The lowest BCUT2D eigenvalue weighted by atomic mass is 10.0. The highest BCUT2D eigenvalue weighted by atomic mass is 16.5. The quantitative estimate of drug-likeness (QED) is 0.0321. The lowest BCUT2D eigenvalue weighted by Gasteiger charge is -2.24. The molecule has 0 saturated heterocycles. The molecule has 364 valence electrons. The van der Waals surface area contributed by atoms with Gasteiger partial charge >= 0.3 is 5.97 Å². The molecule has 0 heterocycles. The predicted molar refractivity (Wildman–Crippen MR) is 269 cm³/mol. The van der Waals surface area contributed by atoms with Crippen molar-refractivity contribution in [1.82, 2.24) is 5.32 Å². The van der Waals surface area contributed by atoms with Crippen LogP contribution in [0.25, 0.3) is 0 Å². The lowest BCUT2D eigenvalue weighted by molar-refractivity contribution is -0.151. The Labute approximate surface area is 385 Å². The van der Waals surface area contributed by atoms with Crippen molar-refractivity contribution >= 4 is 11.9 Å². The zero-order valence-electron chi connectivity index (χ0n) is 41.5. The zero-order valence-corrected chi connectivity index (χ0v) is 41.5. The van der Waals surface area contributed by atoms with Crippen LogP contribution in [0.1, 0.15) is 284 Å². The van der Waals surface area contributed by atoms with Crippen LogP contribution in [0.5, 0.6) is 0 Å². The third-order valence-corrected chi connectivity index (χ3v) is 12.4. The summed E-state index contributed by atoms with van der Waals surface area (Å²) in [6.45, 7) is 6.46. The Bertz CT molecular complexity index is 1020. The third-order valence-electron chi connectivity index (χ3n) is 12.4. The second-order valence-electron chi connectivity index (χ2n) is 18.6. The van der Waals surface area contributed by atoms with E-state index in [2.05, 4.69) is 62.5 Å². The molecule has 0 rings (SSSR count). The molecule has 0 bridgehead atoms. The molecule has 3 atom stereocenters. The number of aliphatic hydroxyl groups is 2. The Kier molecular flexibility index (Phi) is 48.5. The normalized spacial score (nSPS) is 13.4. The molecule has 0 fully saturated rings. The van der Waals surface area contributed by atoms with Crippen molar-refractivity contribution in [2.75, 3.05) is 6.61 Å². The number of hydrogen-bond donors (Lipinski definition) is 3. The van der Waals surface area contributed by atoms with Gasteiger partial charge < -0.3 is 20.3 Å². The summed E-state index contributed by atoms with van der Waals surface area (Å²) in [7, 11) is 0. The minimum atomic E-state index is -0.792. The van der Waals surface area contributed by atoms with E-state index in [1.54, 1.807) is 0 Å². The summed E-state index contributed by atoms with van der Waals surface area (Å²) < 4.78 is 5.93. The van der Waals surface area contributed by atoms with Crippen molar-refractivity contribution in [2.24, 2.45) is 0 Å². The van der Waals surface area contributed by atoms with E-state index in [0.717, 1.165) is 77.0 Å². The average Bonchev–Trinajstić information content (AvgIpc) is 3.26. The van der Waals surface area contributed by atoms with Gasteiger partial charge in [-0.05, 0) is 83.5 Å². The molecule has 0 aliphatic carbocycles. The fourth-order valence-corrected chi connectivity index (χ4v) is 8.28. The maximum Gasteiger partial charge on any atom is 0.306 e. The van der Waals surface area contributed by atoms with E-state index in [4.69, 9.17) is 4.74 Å². The molecule has 1 amide bonds. The van der Waals surface area contributed by atoms with Crippen molar-refractivity contribution < 1.29 is 24.5 Å². The smallest absolute Gasteiger partial charge is 0.306 e. The van der Waals surface area contributed by atoms with E-state index >= 15 is 0 Å². The van der Waals surface area contributed by atoms with Gasteiger partial charge in [0.2, 0.25) is 5.91 Å². The molecule has 6 nitrogen and oxygen atoms in total. The van der Waals surface area contributed by atoms with Crippen LogP contribution in [-0.4, -0.2) is 46.9 Å². The molecule has 3 N–H and O–H groups in total. The first-order chi connectivity index (χ1) is 30.5. The van der Waals surface area contributed by atoms with Gasteiger partial charge in [-0.1, -0.05) is 224 Å². The largest absolute Gasteiger partial charge is 0.462 e. The summed E-state index contributed by atoms with van der Waals surface area (Å²) in [5.41, 5.74) is 0. The third kappa shape index (κ3) is 44.7. The van der Waals surface area contributed by atoms with Crippen LogP contribution in [-0.2, 0) is 14.3 Å². The van der Waals surface area contributed by atoms with Crippen LogP contribution in [0.3, 0.4) is 0 Å². The number of esters is 1. The maximum absolute atomic E-state index is 13.2. The number of carbonyl (C=O) groups excluding carboxylic acids is 2. The monoisotopic (exact) mass is 872 g/mol. The van der Waals surface area contributed by atoms with Crippen molar-refractivity contribution in [3.8, 4) is 0 Å². The summed E-state index contributed by atoms with van der Waals surface area (Å²) in [4.78, 5) is 26.2. The van der Waals surface area contributed by atoms with Gasteiger partial charge in [0.1, 0.15) is 6.10 Å². The zero-order chi connectivity index (χ0) is 45.2. The Morgan fingerprint density at radius 3 is 1.27 bits per heavy atom. The summed E-state index contributed by atoms with van der Waals surface area (Å²) in [6, 6.07) is -0.707. The SMILES string of the molecule is CCCCC/C=C\C/C=C\CCCCCCCC(CC(=O)NC(CO)C(O)CCCCCCCCCCCCCCCCC)OC(=O)CCCCC/C=C\CCCCCCCC. The Morgan fingerprint density at radius 2 is 0.823 bits per heavy atom. The van der Waals surface area contributed by atoms with Crippen LogP contribution in [0.4, 0.5) is 0 Å². The molecule has 6 heteroatoms. The lowest BCUT2D eigenvalue weighted by Crippen LogP contribution is -2.46. The number of unbranched alkanes of at least 4 members (excludes halogenated alkanes) is 31. The molecule has 0 aliphatic rings. The predicted octanol–water partition coefficient (Wildman–Crippen LogP) is 16.5. The van der Waals surface area contributed by atoms with Crippen LogP contribution >= 0.6 is 0 Å². The van der Waals surface area contributed by atoms with E-state index in [9.17, 15) is 19.8 Å². The molecular formula is C56H105NO5. The van der Waals surface area contributed by atoms with E-state index < -0.39 is 18.2 Å². The highest BCUT2D eigenvalue weighted by molar-refractivity contribution is 5.77. The Morgan fingerprint density at radius 1 is 0.468 bits per heavy atom. The van der Waals surface area contributed by atoms with Gasteiger partial charge in [-0.15, -0.1) is 0 Å². The fraction of sp³-hybridized carbons (Fsp3) is 0.857. The van der Waals surface area contributed by atoms with E-state index in [1.807, 2.05) is 0 Å². The molecular weight excluding hydrogens is 767 g/mol. The van der Waals surface area contributed by atoms with E-state index in [-0.39, 0.29) is 24.9 Å². The minimum absolute atomic E-state index is 0.0646. The van der Waals surface area contributed by atoms with Crippen LogP contribution in [0.2, 0.25) is 0 Å². The Balaban J connectivity index is 4.58. The first kappa shape index (κ1) is 60.1. The van der Waals surface area contributed by atoms with Gasteiger partial charge in [0.05, 0.1) is 25.2 Å². The number of aliphatic hydroxyl groups excluding tert-OH is 2. The van der Waals surface area contributed by atoms with Crippen molar-refractivity contribution in [2.45, 2.75) is 302 Å². The van der Waals surface area contributed by atoms with Crippen LogP contribution in [0, 0.1) is 0 Å². The number of rotatable bonds is 49. The molecule has 0 radical (unpaired) electrons. The number of hydrogen-bond acceptors (Lipinski definition) is 5. The number of nitrogens with one attached hydrogen (secondary N) is 1. The highest BCUT2D eigenvalue weighted by Crippen LogP contribution is 2.18. The summed E-state index contributed by atoms with van der Waals surface area (Å²) in [5, 5.41) is 23.8. The van der Waals surface area contributed by atoms with Gasteiger partial charge in [-0.25, -0.2) is 0 Å². The number of carbonyl (C=O) groups is 2. The van der Waals surface area contributed by atoms with Crippen LogP contribution in [0.15, 0.2) is 36.5 Å². The summed E-state index contributed by atoms with van der Waals surface area (Å²) >= 11 is 0. The van der Waals surface area contributed by atoms with Gasteiger partial charge in [0.25, 0.3) is 0 Å². The highest BCUT2D eigenvalue weighted by Gasteiger charge is 2.24. The number of allylic oxidation sites excluding steroid dienone is 6. The fourth-order valence-electron chi connectivity index (χ4n) is 8.28. The van der Waals surface area contributed by atoms with E-state index in [1.165, 1.54) is 161 Å². The van der Waals surface area contributed by atoms with E-state index in [0.29, 0.717) is 19.3 Å². The maximum atomic E-state index is 13.2. The first-order valence-corrected chi connectivity index (χ1v) is 27.2. The number of ether oxygens (including phenoxy) is 1. The van der Waals surface area contributed by atoms with Gasteiger partial charge in [0.15, 0.2) is 0 Å². The molecule has 3 unspecified atom stereocenters. The van der Waals surface area contributed by atoms with Crippen molar-refractivity contribution in [3.05, 3.63) is 36.5 Å².